The SMILES string of the molecule is CC=CC(C)C(=Cc1ccco1)C(=O)c1ccccc1. The average molecular weight is 266 g/mol. The number of carbonyl (C=O) groups excluding carboxylic acids is 1. The largest absolute Gasteiger partial charge is 0.465 e. The fourth-order valence-electron chi connectivity index (χ4n) is 2.08. The van der Waals surface area contributed by atoms with E-state index in [1.54, 1.807) is 6.26 Å². The number of ketones is 1. The first kappa shape index (κ1) is 14.1. The zero-order valence-corrected chi connectivity index (χ0v) is 11.7. The molecular weight excluding hydrogens is 248 g/mol. The minimum atomic E-state index is 0.0348. The summed E-state index contributed by atoms with van der Waals surface area (Å²) in [4.78, 5) is 12.6. The van der Waals surface area contributed by atoms with E-state index in [1.807, 2.05) is 74.5 Å². The van der Waals surface area contributed by atoms with Crippen LogP contribution in [0, 0.1) is 5.92 Å². The first-order valence-corrected chi connectivity index (χ1v) is 6.70. The molecule has 0 bridgehead atoms. The summed E-state index contributed by atoms with van der Waals surface area (Å²) in [5.41, 5.74) is 1.42. The highest BCUT2D eigenvalue weighted by Gasteiger charge is 2.17. The van der Waals surface area contributed by atoms with Crippen molar-refractivity contribution >= 4 is 11.9 Å². The van der Waals surface area contributed by atoms with Crippen molar-refractivity contribution in [1.82, 2.24) is 0 Å². The predicted molar refractivity (Wildman–Crippen MR) is 81.4 cm³/mol. The van der Waals surface area contributed by atoms with Gasteiger partial charge in [0.05, 0.1) is 6.26 Å². The van der Waals surface area contributed by atoms with Gasteiger partial charge in [-0.1, -0.05) is 49.4 Å². The Hall–Kier alpha value is -2.35. The lowest BCUT2D eigenvalue weighted by molar-refractivity contribution is 0.102. The van der Waals surface area contributed by atoms with Gasteiger partial charge in [-0.2, -0.15) is 0 Å². The number of rotatable bonds is 5. The van der Waals surface area contributed by atoms with Gasteiger partial charge < -0.3 is 4.42 Å². The van der Waals surface area contributed by atoms with Gasteiger partial charge in [0, 0.05) is 17.1 Å². The lowest BCUT2D eigenvalue weighted by Crippen LogP contribution is -2.09. The van der Waals surface area contributed by atoms with Gasteiger partial charge in [-0.15, -0.1) is 0 Å². The molecule has 0 N–H and O–H groups in total. The minimum absolute atomic E-state index is 0.0348. The van der Waals surface area contributed by atoms with Gasteiger partial charge in [0.2, 0.25) is 0 Å². The molecule has 1 atom stereocenters. The van der Waals surface area contributed by atoms with Crippen molar-refractivity contribution in [1.29, 1.82) is 0 Å². The lowest BCUT2D eigenvalue weighted by Gasteiger charge is -2.11. The number of furan rings is 1. The van der Waals surface area contributed by atoms with Crippen LogP contribution in [0.5, 0.6) is 0 Å². The van der Waals surface area contributed by atoms with E-state index in [0.29, 0.717) is 11.3 Å². The Morgan fingerprint density at radius 2 is 1.90 bits per heavy atom. The maximum absolute atomic E-state index is 12.6. The van der Waals surface area contributed by atoms with Crippen molar-refractivity contribution in [3.8, 4) is 0 Å². The molecule has 1 aromatic heterocycles. The number of carbonyl (C=O) groups is 1. The molecule has 0 aliphatic heterocycles. The highest BCUT2D eigenvalue weighted by molar-refractivity contribution is 6.11. The molecule has 2 rings (SSSR count). The number of hydrogen-bond donors (Lipinski definition) is 0. The quantitative estimate of drug-likeness (QED) is 0.444. The van der Waals surface area contributed by atoms with Crippen LogP contribution in [0.25, 0.3) is 6.08 Å². The zero-order chi connectivity index (χ0) is 14.4. The molecule has 0 amide bonds. The first-order valence-electron chi connectivity index (χ1n) is 6.70. The molecule has 0 aliphatic carbocycles. The highest BCUT2D eigenvalue weighted by atomic mass is 16.3. The molecule has 1 unspecified atom stereocenters. The number of benzene rings is 1. The summed E-state index contributed by atoms with van der Waals surface area (Å²) in [6.45, 7) is 3.96. The van der Waals surface area contributed by atoms with Gasteiger partial charge in [-0.05, 0) is 25.1 Å². The molecule has 1 aromatic carbocycles. The smallest absolute Gasteiger partial charge is 0.189 e. The summed E-state index contributed by atoms with van der Waals surface area (Å²) < 4.78 is 5.33. The second kappa shape index (κ2) is 6.71. The molecule has 0 aliphatic rings. The van der Waals surface area contributed by atoms with Gasteiger partial charge in [-0.3, -0.25) is 4.79 Å². The summed E-state index contributed by atoms with van der Waals surface area (Å²) in [6.07, 6.45) is 7.39. The summed E-state index contributed by atoms with van der Waals surface area (Å²) in [5.74, 6) is 0.769. The Morgan fingerprint density at radius 1 is 1.15 bits per heavy atom. The summed E-state index contributed by atoms with van der Waals surface area (Å²) in [6, 6.07) is 13.0. The first-order chi connectivity index (χ1) is 9.72. The Balaban J connectivity index is 2.39. The molecular formula is C18H18O2. The average Bonchev–Trinajstić information content (AvgIpc) is 2.98. The monoisotopic (exact) mass is 266 g/mol. The van der Waals surface area contributed by atoms with Crippen LogP contribution in [0.3, 0.4) is 0 Å². The van der Waals surface area contributed by atoms with E-state index >= 15 is 0 Å². The van der Waals surface area contributed by atoms with Gasteiger partial charge >= 0.3 is 0 Å². The maximum atomic E-state index is 12.6. The molecule has 0 radical (unpaired) electrons. The molecule has 2 aromatic rings. The van der Waals surface area contributed by atoms with Crippen molar-refractivity contribution in [3.63, 3.8) is 0 Å². The normalized spacial score (nSPS) is 13.6. The molecule has 2 nitrogen and oxygen atoms in total. The van der Waals surface area contributed by atoms with Crippen LogP contribution in [0.2, 0.25) is 0 Å². The van der Waals surface area contributed by atoms with Crippen LogP contribution in [0.4, 0.5) is 0 Å². The van der Waals surface area contributed by atoms with Crippen LogP contribution in [-0.2, 0) is 0 Å². The fourth-order valence-corrected chi connectivity index (χ4v) is 2.08. The van der Waals surface area contributed by atoms with E-state index < -0.39 is 0 Å². The molecule has 102 valence electrons. The Bertz CT molecular complexity index is 604. The predicted octanol–water partition coefficient (Wildman–Crippen LogP) is 4.76. The van der Waals surface area contributed by atoms with Gasteiger partial charge in [0.25, 0.3) is 0 Å². The highest BCUT2D eigenvalue weighted by Crippen LogP contribution is 2.21. The third-order valence-corrected chi connectivity index (χ3v) is 3.11. The van der Waals surface area contributed by atoms with E-state index in [4.69, 9.17) is 4.42 Å². The number of hydrogen-bond acceptors (Lipinski definition) is 2. The van der Waals surface area contributed by atoms with Crippen molar-refractivity contribution in [3.05, 3.63) is 77.8 Å². The molecule has 0 spiro atoms. The van der Waals surface area contributed by atoms with Crippen LogP contribution >= 0.6 is 0 Å². The second-order valence-electron chi connectivity index (χ2n) is 4.62. The molecule has 20 heavy (non-hydrogen) atoms. The Labute approximate surface area is 119 Å². The third-order valence-electron chi connectivity index (χ3n) is 3.11. The fraction of sp³-hybridized carbons (Fsp3) is 0.167. The van der Waals surface area contributed by atoms with Crippen LogP contribution < -0.4 is 0 Å². The van der Waals surface area contributed by atoms with E-state index in [-0.39, 0.29) is 11.7 Å². The standard InChI is InChI=1S/C18H18O2/c1-3-8-14(2)17(13-16-11-7-12-20-16)18(19)15-9-5-4-6-10-15/h3-14H,1-2H3. The molecule has 1 heterocycles. The van der Waals surface area contributed by atoms with Crippen LogP contribution in [0.15, 0.2) is 70.9 Å². The lowest BCUT2D eigenvalue weighted by atomic mass is 9.92. The summed E-state index contributed by atoms with van der Waals surface area (Å²) in [7, 11) is 0. The van der Waals surface area contributed by atoms with Crippen molar-refractivity contribution in [2.24, 2.45) is 5.92 Å². The third kappa shape index (κ3) is 3.35. The number of allylic oxidation sites excluding steroid dienone is 3. The molecule has 0 saturated heterocycles. The zero-order valence-electron chi connectivity index (χ0n) is 11.7. The summed E-state index contributed by atoms with van der Waals surface area (Å²) in [5, 5.41) is 0. The van der Waals surface area contributed by atoms with Gasteiger partial charge in [0.1, 0.15) is 5.76 Å². The van der Waals surface area contributed by atoms with E-state index in [0.717, 1.165) is 5.57 Å². The second-order valence-corrected chi connectivity index (χ2v) is 4.62. The van der Waals surface area contributed by atoms with Crippen molar-refractivity contribution < 1.29 is 9.21 Å². The van der Waals surface area contributed by atoms with Crippen molar-refractivity contribution in [2.75, 3.05) is 0 Å². The molecule has 2 heteroatoms. The Kier molecular flexibility index (Phi) is 4.72. The van der Waals surface area contributed by atoms with E-state index in [1.165, 1.54) is 0 Å². The van der Waals surface area contributed by atoms with Gasteiger partial charge in [-0.25, -0.2) is 0 Å². The van der Waals surface area contributed by atoms with Crippen molar-refractivity contribution in [2.45, 2.75) is 13.8 Å². The molecule has 0 fully saturated rings. The van der Waals surface area contributed by atoms with E-state index in [9.17, 15) is 4.79 Å². The molecule has 0 saturated carbocycles. The minimum Gasteiger partial charge on any atom is -0.465 e. The Morgan fingerprint density at radius 3 is 2.50 bits per heavy atom. The van der Waals surface area contributed by atoms with Crippen LogP contribution in [-0.4, -0.2) is 5.78 Å². The maximum Gasteiger partial charge on any atom is 0.189 e. The number of Topliss-reactive ketones (excluding diaryl/α,β-unsaturated/α-hetero) is 1. The van der Waals surface area contributed by atoms with E-state index in [2.05, 4.69) is 0 Å². The van der Waals surface area contributed by atoms with Crippen LogP contribution in [0.1, 0.15) is 30.0 Å². The van der Waals surface area contributed by atoms with Gasteiger partial charge in [0.15, 0.2) is 5.78 Å². The topological polar surface area (TPSA) is 30.2 Å². The summed E-state index contributed by atoms with van der Waals surface area (Å²) >= 11 is 0.